The van der Waals surface area contributed by atoms with Crippen LogP contribution in [0.4, 0.5) is 10.5 Å². The van der Waals surface area contributed by atoms with E-state index in [-0.39, 0.29) is 11.4 Å². The van der Waals surface area contributed by atoms with Crippen molar-refractivity contribution in [2.75, 3.05) is 19.4 Å². The fourth-order valence-corrected chi connectivity index (χ4v) is 3.38. The molecule has 0 heterocycles. The summed E-state index contributed by atoms with van der Waals surface area (Å²) in [7, 11) is -0.684. The number of hydrogen-bond donors (Lipinski definition) is 2. The van der Waals surface area contributed by atoms with Crippen LogP contribution in [0.1, 0.15) is 5.56 Å². The molecule has 2 amide bonds. The van der Waals surface area contributed by atoms with Crippen LogP contribution in [0, 0.1) is 0 Å². The zero-order chi connectivity index (χ0) is 18.6. The first kappa shape index (κ1) is 19.5. The van der Waals surface area contributed by atoms with Gasteiger partial charge in [0.15, 0.2) is 0 Å². The van der Waals surface area contributed by atoms with E-state index in [0.717, 1.165) is 4.31 Å². The summed E-state index contributed by atoms with van der Waals surface area (Å²) in [5, 5.41) is 6.21. The predicted molar refractivity (Wildman–Crippen MR) is 99.6 cm³/mol. The standard InChI is InChI=1S/C16H17Cl2N3O3S/c1-21(2)25(23,24)14-5-3-4-13(9-14)20-16(22)19-10-11-6-7-12(17)8-15(11)18/h3-9H,10H2,1-2H3,(H2,19,20,22). The van der Waals surface area contributed by atoms with Crippen molar-refractivity contribution in [3.63, 3.8) is 0 Å². The Morgan fingerprint density at radius 1 is 1.12 bits per heavy atom. The zero-order valence-electron chi connectivity index (χ0n) is 13.6. The topological polar surface area (TPSA) is 78.5 Å². The van der Waals surface area contributed by atoms with Gasteiger partial charge in [-0.3, -0.25) is 0 Å². The average Bonchev–Trinajstić information content (AvgIpc) is 2.54. The lowest BCUT2D eigenvalue weighted by molar-refractivity contribution is 0.251. The number of rotatable bonds is 5. The summed E-state index contributed by atoms with van der Waals surface area (Å²) in [5.74, 6) is 0. The van der Waals surface area contributed by atoms with E-state index in [1.54, 1.807) is 30.3 Å². The number of halogens is 2. The Morgan fingerprint density at radius 2 is 1.84 bits per heavy atom. The van der Waals surface area contributed by atoms with Gasteiger partial charge in [0.2, 0.25) is 10.0 Å². The van der Waals surface area contributed by atoms with Crippen LogP contribution in [0.15, 0.2) is 47.4 Å². The number of carbonyl (C=O) groups is 1. The number of hydrogen-bond acceptors (Lipinski definition) is 3. The van der Waals surface area contributed by atoms with Gasteiger partial charge in [0.1, 0.15) is 0 Å². The summed E-state index contributed by atoms with van der Waals surface area (Å²) < 4.78 is 25.3. The molecule has 0 unspecified atom stereocenters. The van der Waals surface area contributed by atoms with Crippen molar-refractivity contribution >= 4 is 44.9 Å². The first-order valence-corrected chi connectivity index (χ1v) is 9.41. The fourth-order valence-electron chi connectivity index (χ4n) is 1.96. The summed E-state index contributed by atoms with van der Waals surface area (Å²) in [6, 6.07) is 10.5. The molecule has 0 radical (unpaired) electrons. The van der Waals surface area contributed by atoms with E-state index in [0.29, 0.717) is 21.3 Å². The molecule has 0 aliphatic rings. The monoisotopic (exact) mass is 401 g/mol. The van der Waals surface area contributed by atoms with Gasteiger partial charge in [0.25, 0.3) is 0 Å². The number of nitrogens with zero attached hydrogens (tertiary/aromatic N) is 1. The average molecular weight is 402 g/mol. The van der Waals surface area contributed by atoms with Crippen molar-refractivity contribution in [3.8, 4) is 0 Å². The third-order valence-electron chi connectivity index (χ3n) is 3.32. The normalized spacial score (nSPS) is 11.4. The van der Waals surface area contributed by atoms with Crippen LogP contribution >= 0.6 is 23.2 Å². The molecule has 2 aromatic rings. The van der Waals surface area contributed by atoms with Gasteiger partial charge in [0.05, 0.1) is 4.90 Å². The van der Waals surface area contributed by atoms with Crippen molar-refractivity contribution in [2.45, 2.75) is 11.4 Å². The molecule has 0 aliphatic carbocycles. The maximum atomic E-state index is 12.1. The predicted octanol–water partition coefficient (Wildman–Crippen LogP) is 3.57. The number of anilines is 1. The van der Waals surface area contributed by atoms with Crippen LogP contribution in [0.2, 0.25) is 10.0 Å². The summed E-state index contributed by atoms with van der Waals surface area (Å²) in [6.07, 6.45) is 0. The van der Waals surface area contributed by atoms with Gasteiger partial charge < -0.3 is 10.6 Å². The summed E-state index contributed by atoms with van der Waals surface area (Å²) in [5.41, 5.74) is 1.08. The second-order valence-electron chi connectivity index (χ2n) is 5.36. The quantitative estimate of drug-likeness (QED) is 0.803. The van der Waals surface area contributed by atoms with Gasteiger partial charge in [-0.1, -0.05) is 35.3 Å². The van der Waals surface area contributed by atoms with E-state index in [1.165, 1.54) is 26.2 Å². The molecule has 2 rings (SSSR count). The smallest absolute Gasteiger partial charge is 0.319 e. The zero-order valence-corrected chi connectivity index (χ0v) is 15.9. The number of sulfonamides is 1. The van der Waals surface area contributed by atoms with Gasteiger partial charge >= 0.3 is 6.03 Å². The lowest BCUT2D eigenvalue weighted by atomic mass is 10.2. The minimum Gasteiger partial charge on any atom is -0.334 e. The number of urea groups is 1. The van der Waals surface area contributed by atoms with Crippen LogP contribution in [-0.2, 0) is 16.6 Å². The highest BCUT2D eigenvalue weighted by Gasteiger charge is 2.17. The molecule has 0 aromatic heterocycles. The third-order valence-corrected chi connectivity index (χ3v) is 5.72. The van der Waals surface area contributed by atoms with E-state index >= 15 is 0 Å². The molecule has 0 spiro atoms. The molecule has 134 valence electrons. The first-order valence-electron chi connectivity index (χ1n) is 7.21. The Balaban J connectivity index is 2.03. The van der Waals surface area contributed by atoms with Gasteiger partial charge in [-0.25, -0.2) is 17.5 Å². The molecule has 6 nitrogen and oxygen atoms in total. The maximum absolute atomic E-state index is 12.1. The first-order chi connectivity index (χ1) is 11.7. The van der Waals surface area contributed by atoms with Crippen LogP contribution in [0.3, 0.4) is 0 Å². The molecule has 0 fully saturated rings. The molecule has 2 N–H and O–H groups in total. The van der Waals surface area contributed by atoms with Crippen LogP contribution < -0.4 is 10.6 Å². The fraction of sp³-hybridized carbons (Fsp3) is 0.188. The van der Waals surface area contributed by atoms with Gasteiger partial charge in [-0.2, -0.15) is 0 Å². The van der Waals surface area contributed by atoms with Gasteiger partial charge in [-0.15, -0.1) is 0 Å². The van der Waals surface area contributed by atoms with Crippen molar-refractivity contribution in [1.29, 1.82) is 0 Å². The van der Waals surface area contributed by atoms with Crippen molar-refractivity contribution in [1.82, 2.24) is 9.62 Å². The minimum atomic E-state index is -3.57. The molecule has 0 bridgehead atoms. The number of nitrogens with one attached hydrogen (secondary N) is 2. The summed E-state index contributed by atoms with van der Waals surface area (Å²) >= 11 is 11.9. The summed E-state index contributed by atoms with van der Waals surface area (Å²) in [4.78, 5) is 12.1. The number of carbonyl (C=O) groups excluding carboxylic acids is 1. The number of amides is 2. The summed E-state index contributed by atoms with van der Waals surface area (Å²) in [6.45, 7) is 0.206. The molecule has 0 aliphatic heterocycles. The van der Waals surface area contributed by atoms with Crippen molar-refractivity contribution in [2.24, 2.45) is 0 Å². The molecule has 0 atom stereocenters. The second kappa shape index (κ2) is 8.05. The Morgan fingerprint density at radius 3 is 2.48 bits per heavy atom. The van der Waals surface area contributed by atoms with E-state index in [1.807, 2.05) is 0 Å². The van der Waals surface area contributed by atoms with Crippen LogP contribution in [0.5, 0.6) is 0 Å². The molecular weight excluding hydrogens is 385 g/mol. The Hall–Kier alpha value is -1.80. The maximum Gasteiger partial charge on any atom is 0.319 e. The molecule has 0 saturated heterocycles. The largest absolute Gasteiger partial charge is 0.334 e. The van der Waals surface area contributed by atoms with Crippen molar-refractivity contribution in [3.05, 3.63) is 58.1 Å². The van der Waals surface area contributed by atoms with Gasteiger partial charge in [0, 0.05) is 36.4 Å². The van der Waals surface area contributed by atoms with E-state index in [4.69, 9.17) is 23.2 Å². The lowest BCUT2D eigenvalue weighted by Crippen LogP contribution is -2.28. The highest BCUT2D eigenvalue weighted by molar-refractivity contribution is 7.89. The molecule has 9 heteroatoms. The Bertz CT molecular complexity index is 886. The van der Waals surface area contributed by atoms with Crippen LogP contribution in [0.25, 0.3) is 0 Å². The highest BCUT2D eigenvalue weighted by atomic mass is 35.5. The van der Waals surface area contributed by atoms with Crippen molar-refractivity contribution < 1.29 is 13.2 Å². The van der Waals surface area contributed by atoms with E-state index < -0.39 is 16.1 Å². The van der Waals surface area contributed by atoms with E-state index in [2.05, 4.69) is 10.6 Å². The highest BCUT2D eigenvalue weighted by Crippen LogP contribution is 2.21. The Labute approximate surface area is 156 Å². The third kappa shape index (κ3) is 5.09. The Kier molecular flexibility index (Phi) is 6.29. The molecule has 0 saturated carbocycles. The van der Waals surface area contributed by atoms with Gasteiger partial charge in [-0.05, 0) is 35.9 Å². The molecule has 2 aromatic carbocycles. The number of benzene rings is 2. The van der Waals surface area contributed by atoms with E-state index in [9.17, 15) is 13.2 Å². The van der Waals surface area contributed by atoms with Crippen LogP contribution in [-0.4, -0.2) is 32.8 Å². The lowest BCUT2D eigenvalue weighted by Gasteiger charge is -2.13. The molecular formula is C16H17Cl2N3O3S. The minimum absolute atomic E-state index is 0.0936. The SMILES string of the molecule is CN(C)S(=O)(=O)c1cccc(NC(=O)NCc2ccc(Cl)cc2Cl)c1. The second-order valence-corrected chi connectivity index (χ2v) is 8.35. The molecule has 25 heavy (non-hydrogen) atoms.